The summed E-state index contributed by atoms with van der Waals surface area (Å²) < 4.78 is 0. The average molecular weight is 183 g/mol. The fraction of sp³-hybridized carbons (Fsp3) is 0.889. The standard InChI is InChI=1S/C9H17N3O/c13-9-7-12(6-2-5-11-9)8-3-1-4-10-8/h8,10H,1-7H2,(H,11,13). The summed E-state index contributed by atoms with van der Waals surface area (Å²) >= 11 is 0. The summed E-state index contributed by atoms with van der Waals surface area (Å²) in [6.45, 7) is 3.54. The van der Waals surface area contributed by atoms with Gasteiger partial charge in [0.25, 0.3) is 0 Å². The third-order valence-corrected chi connectivity index (χ3v) is 2.77. The minimum atomic E-state index is 0.172. The van der Waals surface area contributed by atoms with Crippen molar-refractivity contribution in [2.45, 2.75) is 25.4 Å². The summed E-state index contributed by atoms with van der Waals surface area (Å²) in [5.41, 5.74) is 0. The van der Waals surface area contributed by atoms with Crippen LogP contribution in [0.5, 0.6) is 0 Å². The van der Waals surface area contributed by atoms with Crippen LogP contribution < -0.4 is 10.6 Å². The summed E-state index contributed by atoms with van der Waals surface area (Å²) in [7, 11) is 0. The third kappa shape index (κ3) is 2.19. The molecule has 0 aromatic carbocycles. The third-order valence-electron chi connectivity index (χ3n) is 2.77. The highest BCUT2D eigenvalue weighted by Gasteiger charge is 2.24. The summed E-state index contributed by atoms with van der Waals surface area (Å²) in [4.78, 5) is 13.5. The van der Waals surface area contributed by atoms with E-state index in [-0.39, 0.29) is 5.91 Å². The van der Waals surface area contributed by atoms with Crippen molar-refractivity contribution in [1.29, 1.82) is 0 Å². The van der Waals surface area contributed by atoms with Crippen molar-refractivity contribution in [1.82, 2.24) is 15.5 Å². The molecule has 2 N–H and O–H groups in total. The Labute approximate surface area is 78.7 Å². The van der Waals surface area contributed by atoms with Crippen molar-refractivity contribution in [3.8, 4) is 0 Å². The molecule has 0 aromatic heterocycles. The summed E-state index contributed by atoms with van der Waals surface area (Å²) in [5, 5.41) is 6.31. The Bertz CT molecular complexity index is 189. The van der Waals surface area contributed by atoms with Crippen molar-refractivity contribution < 1.29 is 4.79 Å². The van der Waals surface area contributed by atoms with E-state index in [1.807, 2.05) is 0 Å². The van der Waals surface area contributed by atoms with Crippen molar-refractivity contribution in [3.05, 3.63) is 0 Å². The molecule has 0 saturated carbocycles. The molecule has 0 spiro atoms. The highest BCUT2D eigenvalue weighted by molar-refractivity contribution is 5.78. The first kappa shape index (κ1) is 8.97. The van der Waals surface area contributed by atoms with Crippen LogP contribution in [0, 0.1) is 0 Å². The number of nitrogens with one attached hydrogen (secondary N) is 2. The Morgan fingerprint density at radius 1 is 1.31 bits per heavy atom. The largest absolute Gasteiger partial charge is 0.355 e. The molecule has 2 rings (SSSR count). The van der Waals surface area contributed by atoms with Crippen LogP contribution in [0.1, 0.15) is 19.3 Å². The zero-order valence-electron chi connectivity index (χ0n) is 7.88. The minimum Gasteiger partial charge on any atom is -0.355 e. The fourth-order valence-electron chi connectivity index (χ4n) is 2.07. The van der Waals surface area contributed by atoms with Gasteiger partial charge in [-0.1, -0.05) is 0 Å². The molecule has 74 valence electrons. The van der Waals surface area contributed by atoms with Crippen molar-refractivity contribution in [3.63, 3.8) is 0 Å². The highest BCUT2D eigenvalue weighted by Crippen LogP contribution is 2.11. The van der Waals surface area contributed by atoms with Gasteiger partial charge in [0.15, 0.2) is 0 Å². The molecule has 1 atom stereocenters. The number of hydrogen-bond donors (Lipinski definition) is 2. The lowest BCUT2D eigenvalue weighted by molar-refractivity contribution is -0.122. The molecule has 4 heteroatoms. The van der Waals surface area contributed by atoms with Gasteiger partial charge in [0.05, 0.1) is 12.7 Å². The van der Waals surface area contributed by atoms with E-state index < -0.39 is 0 Å². The molecule has 0 radical (unpaired) electrons. The van der Waals surface area contributed by atoms with Gasteiger partial charge in [-0.3, -0.25) is 9.69 Å². The molecule has 13 heavy (non-hydrogen) atoms. The maximum absolute atomic E-state index is 11.3. The lowest BCUT2D eigenvalue weighted by Gasteiger charge is -2.25. The van der Waals surface area contributed by atoms with Crippen molar-refractivity contribution in [2.75, 3.05) is 26.2 Å². The molecule has 0 aromatic rings. The van der Waals surface area contributed by atoms with E-state index in [1.165, 1.54) is 12.8 Å². The molecule has 2 aliphatic heterocycles. The Balaban J connectivity index is 1.92. The van der Waals surface area contributed by atoms with E-state index in [0.29, 0.717) is 12.7 Å². The van der Waals surface area contributed by atoms with Gasteiger partial charge in [-0.25, -0.2) is 0 Å². The minimum absolute atomic E-state index is 0.172. The zero-order valence-corrected chi connectivity index (χ0v) is 7.88. The zero-order chi connectivity index (χ0) is 9.10. The van der Waals surface area contributed by atoms with Crippen molar-refractivity contribution >= 4 is 5.91 Å². The number of nitrogens with zero attached hydrogens (tertiary/aromatic N) is 1. The second-order valence-corrected chi connectivity index (χ2v) is 3.79. The predicted molar refractivity (Wildman–Crippen MR) is 50.2 cm³/mol. The summed E-state index contributed by atoms with van der Waals surface area (Å²) in [6, 6.07) is 0. The monoisotopic (exact) mass is 183 g/mol. The number of amides is 1. The van der Waals surface area contributed by atoms with Crippen LogP contribution in [0.3, 0.4) is 0 Å². The SMILES string of the molecule is O=C1CN(C2CCCN2)CCCN1. The van der Waals surface area contributed by atoms with Crippen LogP contribution in [-0.2, 0) is 4.79 Å². The lowest BCUT2D eigenvalue weighted by atomic mass is 10.3. The molecule has 2 saturated heterocycles. The topological polar surface area (TPSA) is 44.4 Å². The molecule has 2 aliphatic rings. The van der Waals surface area contributed by atoms with Crippen LogP contribution in [0.15, 0.2) is 0 Å². The van der Waals surface area contributed by atoms with Gasteiger partial charge in [-0.2, -0.15) is 0 Å². The molecular weight excluding hydrogens is 166 g/mol. The van der Waals surface area contributed by atoms with E-state index in [2.05, 4.69) is 15.5 Å². The second kappa shape index (κ2) is 4.07. The molecule has 4 nitrogen and oxygen atoms in total. The first-order valence-corrected chi connectivity index (χ1v) is 5.10. The maximum atomic E-state index is 11.3. The number of hydrogen-bond acceptors (Lipinski definition) is 3. The molecule has 2 fully saturated rings. The Hall–Kier alpha value is -0.610. The van der Waals surface area contributed by atoms with Gasteiger partial charge in [0.1, 0.15) is 0 Å². The van der Waals surface area contributed by atoms with Gasteiger partial charge in [0, 0.05) is 13.1 Å². The Kier molecular flexibility index (Phi) is 2.80. The number of carbonyl (C=O) groups is 1. The van der Waals surface area contributed by atoms with Crippen LogP contribution in [0.4, 0.5) is 0 Å². The summed E-state index contributed by atoms with van der Waals surface area (Å²) in [5.74, 6) is 0.172. The smallest absolute Gasteiger partial charge is 0.234 e. The predicted octanol–water partition coefficient (Wildman–Crippen LogP) is -0.482. The fourth-order valence-corrected chi connectivity index (χ4v) is 2.07. The van der Waals surface area contributed by atoms with E-state index in [9.17, 15) is 4.79 Å². The van der Waals surface area contributed by atoms with E-state index in [4.69, 9.17) is 0 Å². The average Bonchev–Trinajstić information content (AvgIpc) is 2.56. The van der Waals surface area contributed by atoms with Gasteiger partial charge in [-0.15, -0.1) is 0 Å². The van der Waals surface area contributed by atoms with Gasteiger partial charge >= 0.3 is 0 Å². The summed E-state index contributed by atoms with van der Waals surface area (Å²) in [6.07, 6.45) is 3.95. The molecule has 0 aliphatic carbocycles. The van der Waals surface area contributed by atoms with Gasteiger partial charge in [-0.05, 0) is 25.8 Å². The van der Waals surface area contributed by atoms with Crippen LogP contribution >= 0.6 is 0 Å². The van der Waals surface area contributed by atoms with E-state index >= 15 is 0 Å². The van der Waals surface area contributed by atoms with Crippen LogP contribution in [-0.4, -0.2) is 43.2 Å². The first-order chi connectivity index (χ1) is 6.36. The molecule has 1 unspecified atom stereocenters. The Morgan fingerprint density at radius 2 is 2.23 bits per heavy atom. The lowest BCUT2D eigenvalue weighted by Crippen LogP contribution is -2.45. The van der Waals surface area contributed by atoms with Gasteiger partial charge in [0.2, 0.25) is 5.91 Å². The molecule has 0 bridgehead atoms. The van der Waals surface area contributed by atoms with Gasteiger partial charge < -0.3 is 10.6 Å². The maximum Gasteiger partial charge on any atom is 0.234 e. The normalized spacial score (nSPS) is 31.4. The second-order valence-electron chi connectivity index (χ2n) is 3.79. The van der Waals surface area contributed by atoms with Crippen LogP contribution in [0.2, 0.25) is 0 Å². The quantitative estimate of drug-likeness (QED) is 0.577. The highest BCUT2D eigenvalue weighted by atomic mass is 16.2. The molecule has 2 heterocycles. The Morgan fingerprint density at radius 3 is 3.00 bits per heavy atom. The van der Waals surface area contributed by atoms with E-state index in [1.54, 1.807) is 0 Å². The molecule has 1 amide bonds. The number of rotatable bonds is 1. The number of carbonyl (C=O) groups excluding carboxylic acids is 1. The van der Waals surface area contributed by atoms with Crippen LogP contribution in [0.25, 0.3) is 0 Å². The van der Waals surface area contributed by atoms with Crippen molar-refractivity contribution in [2.24, 2.45) is 0 Å². The first-order valence-electron chi connectivity index (χ1n) is 5.10. The molecular formula is C9H17N3O. The van der Waals surface area contributed by atoms with E-state index in [0.717, 1.165) is 26.1 Å².